The van der Waals surface area contributed by atoms with Crippen LogP contribution in [-0.4, -0.2) is 21.5 Å². The van der Waals surface area contributed by atoms with Gasteiger partial charge in [-0.2, -0.15) is 15.0 Å². The largest absolute Gasteiger partial charge is 0.506 e. The average molecular weight is 271 g/mol. The molecule has 0 spiro atoms. The number of benzene rings is 1. The monoisotopic (exact) mass is 271 g/mol. The summed E-state index contributed by atoms with van der Waals surface area (Å²) in [6, 6.07) is 9.77. The first-order valence-electron chi connectivity index (χ1n) is 6.08. The van der Waals surface area contributed by atoms with Crippen molar-refractivity contribution in [2.45, 2.75) is 13.3 Å². The van der Waals surface area contributed by atoms with Crippen LogP contribution in [0, 0.1) is 11.3 Å². The maximum atomic E-state index is 11.8. The van der Waals surface area contributed by atoms with Crippen LogP contribution in [-0.2, 0) is 6.42 Å². The molecule has 2 aromatic rings. The lowest BCUT2D eigenvalue weighted by Gasteiger charge is -2.08. The van der Waals surface area contributed by atoms with E-state index < -0.39 is 5.56 Å². The van der Waals surface area contributed by atoms with Gasteiger partial charge in [0, 0.05) is 6.07 Å². The number of aromatic nitrogens is 2. The second kappa shape index (κ2) is 5.89. The summed E-state index contributed by atoms with van der Waals surface area (Å²) >= 11 is 0. The Balaban J connectivity index is 2.44. The van der Waals surface area contributed by atoms with Crippen molar-refractivity contribution < 1.29 is 9.84 Å². The predicted molar refractivity (Wildman–Crippen MR) is 72.0 cm³/mol. The third kappa shape index (κ3) is 2.78. The molecule has 0 aliphatic carbocycles. The van der Waals surface area contributed by atoms with Crippen molar-refractivity contribution in [1.29, 1.82) is 5.26 Å². The molecule has 0 bridgehead atoms. The molecule has 0 saturated heterocycles. The molecule has 0 radical (unpaired) electrons. The number of nitrogens with zero attached hydrogens (tertiary/aromatic N) is 3. The van der Waals surface area contributed by atoms with E-state index in [0.717, 1.165) is 10.7 Å². The normalized spacial score (nSPS) is 10.0. The van der Waals surface area contributed by atoms with E-state index in [2.05, 4.69) is 5.10 Å². The highest BCUT2D eigenvalue weighted by Crippen LogP contribution is 2.16. The van der Waals surface area contributed by atoms with Gasteiger partial charge in [0.15, 0.2) is 0 Å². The fraction of sp³-hybridized carbons (Fsp3) is 0.214. The summed E-state index contributed by atoms with van der Waals surface area (Å²) in [5.41, 5.74) is 0.243. The van der Waals surface area contributed by atoms with E-state index in [4.69, 9.17) is 10.00 Å². The van der Waals surface area contributed by atoms with Crippen LogP contribution in [0.15, 0.2) is 35.1 Å². The van der Waals surface area contributed by atoms with E-state index in [1.54, 1.807) is 24.3 Å². The van der Waals surface area contributed by atoms with Gasteiger partial charge in [-0.25, -0.2) is 0 Å². The van der Waals surface area contributed by atoms with E-state index in [0.29, 0.717) is 18.0 Å². The van der Waals surface area contributed by atoms with Gasteiger partial charge in [-0.05, 0) is 31.2 Å². The minimum Gasteiger partial charge on any atom is -0.506 e. The molecule has 102 valence electrons. The third-order valence-corrected chi connectivity index (χ3v) is 2.62. The minimum absolute atomic E-state index is 0.0663. The fourth-order valence-electron chi connectivity index (χ4n) is 1.72. The molecular weight excluding hydrogens is 258 g/mol. The second-order valence-electron chi connectivity index (χ2n) is 3.99. The van der Waals surface area contributed by atoms with Gasteiger partial charge in [0.25, 0.3) is 5.56 Å². The average Bonchev–Trinajstić information content (AvgIpc) is 2.43. The Hall–Kier alpha value is -2.81. The van der Waals surface area contributed by atoms with E-state index in [1.165, 1.54) is 0 Å². The molecule has 2 rings (SSSR count). The summed E-state index contributed by atoms with van der Waals surface area (Å²) in [7, 11) is 0. The predicted octanol–water partition coefficient (Wildman–Crippen LogP) is 1.40. The SMILES string of the molecule is CCOc1ccc(-n2nc(CC#N)c(O)cc2=O)cc1. The second-order valence-corrected chi connectivity index (χ2v) is 3.99. The van der Waals surface area contributed by atoms with Crippen LogP contribution in [0.25, 0.3) is 5.69 Å². The lowest BCUT2D eigenvalue weighted by atomic mass is 10.2. The minimum atomic E-state index is -0.464. The third-order valence-electron chi connectivity index (χ3n) is 2.62. The first-order chi connectivity index (χ1) is 9.65. The van der Waals surface area contributed by atoms with Crippen LogP contribution in [0.5, 0.6) is 11.5 Å². The van der Waals surface area contributed by atoms with Gasteiger partial charge < -0.3 is 9.84 Å². The van der Waals surface area contributed by atoms with Crippen LogP contribution in [0.1, 0.15) is 12.6 Å². The topological polar surface area (TPSA) is 88.1 Å². The maximum absolute atomic E-state index is 11.8. The van der Waals surface area contributed by atoms with E-state index in [-0.39, 0.29) is 17.9 Å². The number of nitriles is 1. The number of rotatable bonds is 4. The molecule has 0 fully saturated rings. The Labute approximate surface area is 115 Å². The molecular formula is C14H13N3O3. The van der Waals surface area contributed by atoms with Crippen molar-refractivity contribution in [3.8, 4) is 23.3 Å². The van der Waals surface area contributed by atoms with E-state index in [1.807, 2.05) is 13.0 Å². The Morgan fingerprint density at radius 3 is 2.70 bits per heavy atom. The zero-order chi connectivity index (χ0) is 14.5. The van der Waals surface area contributed by atoms with E-state index >= 15 is 0 Å². The maximum Gasteiger partial charge on any atom is 0.275 e. The smallest absolute Gasteiger partial charge is 0.275 e. The summed E-state index contributed by atoms with van der Waals surface area (Å²) in [5, 5.41) is 22.2. The molecule has 20 heavy (non-hydrogen) atoms. The molecule has 1 N–H and O–H groups in total. The highest BCUT2D eigenvalue weighted by Gasteiger charge is 2.09. The summed E-state index contributed by atoms with van der Waals surface area (Å²) in [6.45, 7) is 2.44. The van der Waals surface area contributed by atoms with Crippen molar-refractivity contribution in [2.24, 2.45) is 0 Å². The molecule has 0 amide bonds. The van der Waals surface area contributed by atoms with Crippen LogP contribution < -0.4 is 10.3 Å². The highest BCUT2D eigenvalue weighted by molar-refractivity contribution is 5.38. The van der Waals surface area contributed by atoms with Crippen LogP contribution >= 0.6 is 0 Å². The molecule has 1 heterocycles. The standard InChI is InChI=1S/C14H13N3O3/c1-2-20-11-5-3-10(4-6-11)17-14(19)9-13(18)12(16-17)7-8-15/h3-6,9,18H,2,7H2,1H3. The number of aromatic hydroxyl groups is 1. The fourth-order valence-corrected chi connectivity index (χ4v) is 1.72. The molecule has 6 heteroatoms. The lowest BCUT2D eigenvalue weighted by Crippen LogP contribution is -2.21. The van der Waals surface area contributed by atoms with Crippen molar-refractivity contribution in [3.63, 3.8) is 0 Å². The Bertz CT molecular complexity index is 699. The number of hydrogen-bond acceptors (Lipinski definition) is 5. The molecule has 6 nitrogen and oxygen atoms in total. The Kier molecular flexibility index (Phi) is 4.01. The van der Waals surface area contributed by atoms with Gasteiger partial charge >= 0.3 is 0 Å². The van der Waals surface area contributed by atoms with Crippen molar-refractivity contribution in [3.05, 3.63) is 46.4 Å². The first kappa shape index (κ1) is 13.6. The summed E-state index contributed by atoms with van der Waals surface area (Å²) in [4.78, 5) is 11.8. The zero-order valence-electron chi connectivity index (χ0n) is 10.9. The molecule has 0 aliphatic heterocycles. The summed E-state index contributed by atoms with van der Waals surface area (Å²) < 4.78 is 6.46. The van der Waals surface area contributed by atoms with Gasteiger partial charge in [0.05, 0.1) is 24.8 Å². The highest BCUT2D eigenvalue weighted by atomic mass is 16.5. The van der Waals surface area contributed by atoms with Crippen LogP contribution in [0.3, 0.4) is 0 Å². The summed E-state index contributed by atoms with van der Waals surface area (Å²) in [5.74, 6) is 0.430. The molecule has 0 unspecified atom stereocenters. The van der Waals surface area contributed by atoms with Gasteiger partial charge in [0.1, 0.15) is 17.2 Å². The first-order valence-corrected chi connectivity index (χ1v) is 6.08. The van der Waals surface area contributed by atoms with Gasteiger partial charge in [-0.1, -0.05) is 0 Å². The molecule has 0 atom stereocenters. The van der Waals surface area contributed by atoms with Crippen molar-refractivity contribution >= 4 is 0 Å². The van der Waals surface area contributed by atoms with Crippen molar-refractivity contribution in [1.82, 2.24) is 9.78 Å². The van der Waals surface area contributed by atoms with Crippen LogP contribution in [0.4, 0.5) is 0 Å². The quantitative estimate of drug-likeness (QED) is 0.908. The zero-order valence-corrected chi connectivity index (χ0v) is 10.9. The Morgan fingerprint density at radius 1 is 1.40 bits per heavy atom. The lowest BCUT2D eigenvalue weighted by molar-refractivity contribution is 0.340. The molecule has 1 aromatic heterocycles. The molecule has 0 saturated carbocycles. The van der Waals surface area contributed by atoms with Crippen LogP contribution in [0.2, 0.25) is 0 Å². The summed E-state index contributed by atoms with van der Waals surface area (Å²) in [6.07, 6.45) is -0.0663. The number of ether oxygens (including phenoxy) is 1. The van der Waals surface area contributed by atoms with Crippen molar-refractivity contribution in [2.75, 3.05) is 6.61 Å². The number of hydrogen-bond donors (Lipinski definition) is 1. The van der Waals surface area contributed by atoms with Gasteiger partial charge in [0.2, 0.25) is 0 Å². The molecule has 1 aromatic carbocycles. The van der Waals surface area contributed by atoms with E-state index in [9.17, 15) is 9.90 Å². The van der Waals surface area contributed by atoms with Gasteiger partial charge in [-0.3, -0.25) is 4.79 Å². The van der Waals surface area contributed by atoms with Gasteiger partial charge in [-0.15, -0.1) is 0 Å². The Morgan fingerprint density at radius 2 is 2.10 bits per heavy atom. The molecule has 0 aliphatic rings.